The summed E-state index contributed by atoms with van der Waals surface area (Å²) in [5.74, 6) is 0.680. The number of tetrazole rings is 1. The van der Waals surface area contributed by atoms with Crippen molar-refractivity contribution in [2.24, 2.45) is 14.1 Å². The number of hydrogen-bond acceptors (Lipinski definition) is 5. The summed E-state index contributed by atoms with van der Waals surface area (Å²) in [5, 5.41) is 11.7. The maximum atomic E-state index is 12.0. The van der Waals surface area contributed by atoms with Gasteiger partial charge in [-0.05, 0) is 29.0 Å². The molecule has 2 heterocycles. The van der Waals surface area contributed by atoms with Crippen LogP contribution in [0.5, 0.6) is 5.75 Å². The van der Waals surface area contributed by atoms with Crippen LogP contribution < -0.4 is 10.4 Å². The molecular formula is C14H16N6O2. The molecule has 2 aromatic heterocycles. The maximum absolute atomic E-state index is 12.0. The maximum Gasteiger partial charge on any atom is 0.368 e. The number of hydrogen-bond donors (Lipinski definition) is 0. The van der Waals surface area contributed by atoms with E-state index >= 15 is 0 Å². The third-order valence-electron chi connectivity index (χ3n) is 3.37. The van der Waals surface area contributed by atoms with Crippen LogP contribution in [0.15, 0.2) is 35.2 Å². The normalized spacial score (nSPS) is 11.5. The Labute approximate surface area is 127 Å². The van der Waals surface area contributed by atoms with Crippen molar-refractivity contribution in [1.82, 2.24) is 29.6 Å². The summed E-state index contributed by atoms with van der Waals surface area (Å²) >= 11 is 0. The van der Waals surface area contributed by atoms with Gasteiger partial charge in [-0.3, -0.25) is 4.68 Å². The van der Waals surface area contributed by atoms with Crippen LogP contribution in [0, 0.1) is 6.92 Å². The highest BCUT2D eigenvalue weighted by Crippen LogP contribution is 2.19. The van der Waals surface area contributed by atoms with Gasteiger partial charge >= 0.3 is 5.69 Å². The first-order valence-electron chi connectivity index (χ1n) is 7.17. The topological polar surface area (TPSA) is 79.8 Å². The second-order valence-electron chi connectivity index (χ2n) is 4.88. The summed E-state index contributed by atoms with van der Waals surface area (Å²) in [5.41, 5.74) is 1.74. The van der Waals surface area contributed by atoms with E-state index in [4.69, 9.17) is 6.11 Å². The Morgan fingerprint density at radius 1 is 1.27 bits per heavy atom. The third-order valence-corrected chi connectivity index (χ3v) is 3.37. The molecule has 0 saturated heterocycles. The van der Waals surface area contributed by atoms with E-state index in [-0.39, 0.29) is 12.3 Å². The zero-order valence-electron chi connectivity index (χ0n) is 13.5. The van der Waals surface area contributed by atoms with Gasteiger partial charge in [-0.15, -0.1) is 0 Å². The quantitative estimate of drug-likeness (QED) is 0.704. The smallest absolute Gasteiger partial charge is 0.368 e. The highest BCUT2D eigenvalue weighted by molar-refractivity contribution is 5.35. The van der Waals surface area contributed by atoms with Crippen molar-refractivity contribution in [2.45, 2.75) is 13.5 Å². The average molecular weight is 302 g/mol. The van der Waals surface area contributed by atoms with Gasteiger partial charge in [-0.25, -0.2) is 4.79 Å². The number of aryl methyl sites for hydroxylation is 3. The monoisotopic (exact) mass is 302 g/mol. The summed E-state index contributed by atoms with van der Waals surface area (Å²) in [6.45, 7) is 2.09. The van der Waals surface area contributed by atoms with Crippen molar-refractivity contribution in [1.29, 1.82) is 0 Å². The first kappa shape index (κ1) is 12.8. The van der Waals surface area contributed by atoms with Crippen LogP contribution in [0.25, 0.3) is 5.69 Å². The fourth-order valence-electron chi connectivity index (χ4n) is 2.07. The van der Waals surface area contributed by atoms with Gasteiger partial charge in [-0.2, -0.15) is 14.5 Å². The molecule has 8 nitrogen and oxygen atoms in total. The molecule has 22 heavy (non-hydrogen) atoms. The van der Waals surface area contributed by atoms with Crippen LogP contribution >= 0.6 is 0 Å². The predicted octanol–water partition coefficient (Wildman–Crippen LogP) is 0.587. The minimum Gasteiger partial charge on any atom is -0.487 e. The Morgan fingerprint density at radius 2 is 2.09 bits per heavy atom. The molecule has 3 aromatic rings. The molecule has 0 atom stereocenters. The molecule has 8 heteroatoms. The van der Waals surface area contributed by atoms with Crippen molar-refractivity contribution in [2.75, 3.05) is 0 Å². The van der Waals surface area contributed by atoms with Gasteiger partial charge < -0.3 is 4.74 Å². The van der Waals surface area contributed by atoms with E-state index in [9.17, 15) is 4.79 Å². The molecule has 0 N–H and O–H groups in total. The van der Waals surface area contributed by atoms with E-state index in [1.807, 2.05) is 6.92 Å². The Kier molecular flexibility index (Phi) is 3.19. The summed E-state index contributed by atoms with van der Waals surface area (Å²) in [6.07, 6.45) is 1.55. The highest BCUT2D eigenvalue weighted by Gasteiger charge is 2.16. The largest absolute Gasteiger partial charge is 0.487 e. The molecule has 0 spiro atoms. The average Bonchev–Trinajstić information content (AvgIpc) is 3.02. The van der Waals surface area contributed by atoms with Crippen molar-refractivity contribution in [3.8, 4) is 11.4 Å². The Bertz CT molecular complexity index is 910. The molecule has 0 radical (unpaired) electrons. The van der Waals surface area contributed by atoms with Crippen molar-refractivity contribution in [3.05, 3.63) is 52.2 Å². The van der Waals surface area contributed by atoms with Crippen LogP contribution in [0.4, 0.5) is 0 Å². The number of rotatable bonds is 4. The van der Waals surface area contributed by atoms with Gasteiger partial charge in [0.1, 0.15) is 23.7 Å². The zero-order valence-corrected chi connectivity index (χ0v) is 12.5. The van der Waals surface area contributed by atoms with E-state index in [0.717, 1.165) is 10.2 Å². The van der Waals surface area contributed by atoms with Crippen molar-refractivity contribution < 1.29 is 6.11 Å². The number of aromatic nitrogens is 6. The second-order valence-corrected chi connectivity index (χ2v) is 4.88. The van der Waals surface area contributed by atoms with Gasteiger partial charge in [0.15, 0.2) is 0 Å². The lowest BCUT2D eigenvalue weighted by molar-refractivity contribution is 0.292. The van der Waals surface area contributed by atoms with Crippen LogP contribution in [0.3, 0.4) is 0 Å². The van der Waals surface area contributed by atoms with Crippen LogP contribution in [0.2, 0.25) is 0 Å². The summed E-state index contributed by atoms with van der Waals surface area (Å²) in [4.78, 5) is 12.0. The van der Waals surface area contributed by atoms with Crippen LogP contribution in [0.1, 0.15) is 12.6 Å². The predicted molar refractivity (Wildman–Crippen MR) is 78.9 cm³/mol. The molecule has 0 aliphatic carbocycles. The van der Waals surface area contributed by atoms with Gasteiger partial charge in [0, 0.05) is 14.1 Å². The van der Waals surface area contributed by atoms with E-state index in [0.29, 0.717) is 23.2 Å². The molecule has 0 amide bonds. The summed E-state index contributed by atoms with van der Waals surface area (Å²) in [6, 6.07) is 5.58. The lowest BCUT2D eigenvalue weighted by Gasteiger charge is -2.10. The molecule has 3 rings (SSSR count). The fourth-order valence-corrected chi connectivity index (χ4v) is 2.07. The van der Waals surface area contributed by atoms with Gasteiger partial charge in [-0.1, -0.05) is 18.2 Å². The number of ether oxygens (including phenoxy) is 1. The van der Waals surface area contributed by atoms with Gasteiger partial charge in [0.05, 0.1) is 7.57 Å². The van der Waals surface area contributed by atoms with Crippen LogP contribution in [-0.2, 0) is 20.7 Å². The van der Waals surface area contributed by atoms with Crippen LogP contribution in [-0.4, -0.2) is 29.6 Å². The zero-order chi connectivity index (χ0) is 16.6. The summed E-state index contributed by atoms with van der Waals surface area (Å²) < 4.78 is 17.4. The second kappa shape index (κ2) is 5.47. The number of nitrogens with zero attached hydrogens (tertiary/aromatic N) is 6. The molecule has 0 saturated carbocycles. The van der Waals surface area contributed by atoms with E-state index in [2.05, 4.69) is 15.5 Å². The lowest BCUT2D eigenvalue weighted by atomic mass is 10.2. The number of benzene rings is 1. The Morgan fingerprint density at radius 3 is 2.77 bits per heavy atom. The van der Waals surface area contributed by atoms with Gasteiger partial charge in [0.25, 0.3) is 0 Å². The summed E-state index contributed by atoms with van der Waals surface area (Å²) in [7, 11) is 3.30. The Hall–Kier alpha value is -2.90. The molecule has 0 aliphatic rings. The van der Waals surface area contributed by atoms with Gasteiger partial charge in [0.2, 0.25) is 0 Å². The molecule has 0 unspecified atom stereocenters. The fraction of sp³-hybridized carbons (Fsp3) is 0.286. The number of para-hydroxylation sites is 1. The molecule has 0 bridgehead atoms. The highest BCUT2D eigenvalue weighted by atomic mass is 16.5. The molecule has 114 valence electrons. The molecular weight excluding hydrogens is 284 g/mol. The SMILES string of the molecule is [3H]c1ccc(OCc2c(-n3nnn(C)c3=O)cnn2C)c(C)c1. The standard InChI is InChI=1S/C14H16N6O2/c1-10-6-4-5-7-13(10)22-9-12-11(8-15-18(12)2)20-14(21)19(3)16-17-20/h4-8H,9H2,1-3H3/i4T. The molecule has 0 fully saturated rings. The van der Waals surface area contributed by atoms with Crippen molar-refractivity contribution >= 4 is 0 Å². The first-order valence-corrected chi connectivity index (χ1v) is 6.67. The Balaban J connectivity index is 1.90. The van der Waals surface area contributed by atoms with E-state index in [1.54, 1.807) is 36.1 Å². The first-order chi connectivity index (χ1) is 11.0. The minimum absolute atomic E-state index is 0.215. The minimum atomic E-state index is -0.353. The van der Waals surface area contributed by atoms with E-state index in [1.165, 1.54) is 11.7 Å². The molecule has 1 aromatic carbocycles. The molecule has 0 aliphatic heterocycles. The third kappa shape index (κ3) is 2.39. The van der Waals surface area contributed by atoms with E-state index < -0.39 is 0 Å². The lowest BCUT2D eigenvalue weighted by Crippen LogP contribution is -2.23. The van der Waals surface area contributed by atoms with Crippen molar-refractivity contribution in [3.63, 3.8) is 0 Å².